The average Bonchev–Trinajstić information content (AvgIpc) is 2.39. The van der Waals surface area contributed by atoms with Crippen LogP contribution in [0.1, 0.15) is 12.8 Å². The number of aromatic hydroxyl groups is 1. The number of sulfonamides is 1. The number of hydrogen-bond acceptors (Lipinski definition) is 4. The Morgan fingerprint density at radius 1 is 1.26 bits per heavy atom. The molecule has 3 aliphatic heterocycles. The molecule has 0 saturated carbocycles. The van der Waals surface area contributed by atoms with E-state index in [-0.39, 0.29) is 16.7 Å². The molecule has 4 rings (SSSR count). The minimum atomic E-state index is -3.54. The molecule has 1 unspecified atom stereocenters. The Labute approximate surface area is 113 Å². The van der Waals surface area contributed by atoms with Crippen molar-refractivity contribution in [3.63, 3.8) is 0 Å². The predicted octanol–water partition coefficient (Wildman–Crippen LogP) is 0.765. The van der Waals surface area contributed by atoms with Crippen LogP contribution in [-0.4, -0.2) is 44.1 Å². The number of fused-ring (bicyclic) bond motifs is 3. The summed E-state index contributed by atoms with van der Waals surface area (Å²) in [5, 5.41) is 9.39. The molecule has 0 aromatic heterocycles. The molecule has 5 nitrogen and oxygen atoms in total. The van der Waals surface area contributed by atoms with Crippen LogP contribution >= 0.6 is 0 Å². The summed E-state index contributed by atoms with van der Waals surface area (Å²) in [6.45, 7) is 2.95. The fraction of sp³-hybridized carbons (Fsp3) is 0.538. The highest BCUT2D eigenvalue weighted by Crippen LogP contribution is 2.28. The number of rotatable bonds is 3. The van der Waals surface area contributed by atoms with Crippen molar-refractivity contribution in [2.75, 3.05) is 19.6 Å². The number of phenolic OH excluding ortho intramolecular Hbond substituents is 1. The van der Waals surface area contributed by atoms with Gasteiger partial charge in [-0.3, -0.25) is 0 Å². The molecule has 1 aromatic carbocycles. The van der Waals surface area contributed by atoms with Gasteiger partial charge in [0.1, 0.15) is 5.75 Å². The van der Waals surface area contributed by atoms with Crippen LogP contribution in [0.15, 0.2) is 29.2 Å². The molecule has 0 radical (unpaired) electrons. The molecule has 1 aromatic rings. The molecule has 3 saturated heterocycles. The van der Waals surface area contributed by atoms with E-state index in [9.17, 15) is 13.5 Å². The number of phenols is 1. The Morgan fingerprint density at radius 2 is 2.00 bits per heavy atom. The van der Waals surface area contributed by atoms with Crippen molar-refractivity contribution in [2.45, 2.75) is 23.8 Å². The first-order chi connectivity index (χ1) is 9.04. The third-order valence-electron chi connectivity index (χ3n) is 4.09. The maximum atomic E-state index is 12.3. The van der Waals surface area contributed by atoms with Crippen LogP contribution in [0, 0.1) is 5.92 Å². The van der Waals surface area contributed by atoms with E-state index in [1.807, 2.05) is 0 Å². The zero-order valence-corrected chi connectivity index (χ0v) is 11.4. The number of piperidine rings is 3. The zero-order valence-electron chi connectivity index (χ0n) is 10.6. The first-order valence-corrected chi connectivity index (χ1v) is 8.07. The molecular formula is C13H18N2O3S. The Balaban J connectivity index is 1.79. The molecule has 2 bridgehead atoms. The minimum Gasteiger partial charge on any atom is -0.508 e. The lowest BCUT2D eigenvalue weighted by molar-refractivity contribution is 0.0827. The summed E-state index contributed by atoms with van der Waals surface area (Å²) in [5.74, 6) is 0.411. The number of benzene rings is 1. The van der Waals surface area contributed by atoms with Crippen LogP contribution in [0.3, 0.4) is 0 Å². The van der Waals surface area contributed by atoms with Gasteiger partial charge < -0.3 is 10.0 Å². The van der Waals surface area contributed by atoms with Gasteiger partial charge in [-0.2, -0.15) is 0 Å². The summed E-state index contributed by atoms with van der Waals surface area (Å²) < 4.78 is 27.4. The first-order valence-electron chi connectivity index (χ1n) is 6.58. The van der Waals surface area contributed by atoms with Crippen LogP contribution in [-0.2, 0) is 10.0 Å². The lowest BCUT2D eigenvalue weighted by atomic mass is 9.85. The fourth-order valence-corrected chi connectivity index (χ4v) is 4.35. The standard InChI is InChI=1S/C13H18N2O3S/c16-11-2-1-3-12(8-11)19(17,18)14-13-9-15-6-4-10(13)5-7-15/h1-3,8,10,13-14,16H,4-7,9H2. The normalized spacial score (nSPS) is 30.4. The number of hydrogen-bond donors (Lipinski definition) is 2. The summed E-state index contributed by atoms with van der Waals surface area (Å²) in [6.07, 6.45) is 2.13. The number of nitrogens with one attached hydrogen (secondary N) is 1. The summed E-state index contributed by atoms with van der Waals surface area (Å²) in [7, 11) is -3.54. The number of nitrogens with zero attached hydrogens (tertiary/aromatic N) is 1. The van der Waals surface area contributed by atoms with Crippen LogP contribution in [0.5, 0.6) is 5.75 Å². The SMILES string of the molecule is O=S(=O)(NC1CN2CCC1CC2)c1cccc(O)c1. The molecule has 19 heavy (non-hydrogen) atoms. The van der Waals surface area contributed by atoms with Crippen molar-refractivity contribution in [3.05, 3.63) is 24.3 Å². The van der Waals surface area contributed by atoms with E-state index < -0.39 is 10.0 Å². The van der Waals surface area contributed by atoms with Crippen LogP contribution in [0.2, 0.25) is 0 Å². The first kappa shape index (κ1) is 12.9. The fourth-order valence-electron chi connectivity index (χ4n) is 3.02. The maximum Gasteiger partial charge on any atom is 0.241 e. The lowest BCUT2D eigenvalue weighted by Crippen LogP contribution is -2.57. The van der Waals surface area contributed by atoms with E-state index in [1.54, 1.807) is 6.07 Å². The van der Waals surface area contributed by atoms with Crippen molar-refractivity contribution < 1.29 is 13.5 Å². The quantitative estimate of drug-likeness (QED) is 0.859. The van der Waals surface area contributed by atoms with Gasteiger partial charge in [-0.1, -0.05) is 6.07 Å². The Bertz CT molecular complexity index is 565. The van der Waals surface area contributed by atoms with Crippen molar-refractivity contribution in [2.24, 2.45) is 5.92 Å². The largest absolute Gasteiger partial charge is 0.508 e. The van der Waals surface area contributed by atoms with E-state index >= 15 is 0 Å². The highest BCUT2D eigenvalue weighted by Gasteiger charge is 2.36. The molecule has 0 aliphatic carbocycles. The van der Waals surface area contributed by atoms with Gasteiger partial charge in [-0.15, -0.1) is 0 Å². The predicted molar refractivity (Wildman–Crippen MR) is 71.4 cm³/mol. The third kappa shape index (κ3) is 2.61. The molecule has 3 aliphatic rings. The van der Waals surface area contributed by atoms with E-state index in [1.165, 1.54) is 18.2 Å². The van der Waals surface area contributed by atoms with Gasteiger partial charge in [0.2, 0.25) is 10.0 Å². The minimum absolute atomic E-state index is 0.00477. The van der Waals surface area contributed by atoms with E-state index in [2.05, 4.69) is 9.62 Å². The van der Waals surface area contributed by atoms with Gasteiger partial charge in [0, 0.05) is 12.6 Å². The summed E-state index contributed by atoms with van der Waals surface area (Å²) in [6, 6.07) is 5.79. The monoisotopic (exact) mass is 282 g/mol. The van der Waals surface area contributed by atoms with Crippen molar-refractivity contribution in [1.82, 2.24) is 9.62 Å². The second-order valence-electron chi connectivity index (χ2n) is 5.36. The van der Waals surface area contributed by atoms with Crippen molar-refractivity contribution >= 4 is 10.0 Å². The van der Waals surface area contributed by atoms with Crippen molar-refractivity contribution in [1.29, 1.82) is 0 Å². The molecular weight excluding hydrogens is 264 g/mol. The lowest BCUT2D eigenvalue weighted by Gasteiger charge is -2.44. The molecule has 3 fully saturated rings. The van der Waals surface area contributed by atoms with E-state index in [0.29, 0.717) is 5.92 Å². The van der Waals surface area contributed by atoms with Gasteiger partial charge in [-0.25, -0.2) is 13.1 Å². The molecule has 0 amide bonds. The second kappa shape index (κ2) is 4.77. The Kier molecular flexibility index (Phi) is 3.24. The molecule has 104 valence electrons. The second-order valence-corrected chi connectivity index (χ2v) is 7.08. The third-order valence-corrected chi connectivity index (χ3v) is 5.58. The van der Waals surface area contributed by atoms with Crippen LogP contribution < -0.4 is 4.72 Å². The Morgan fingerprint density at radius 3 is 2.58 bits per heavy atom. The van der Waals surface area contributed by atoms with Gasteiger partial charge in [0.15, 0.2) is 0 Å². The Hall–Kier alpha value is -1.11. The molecule has 3 heterocycles. The van der Waals surface area contributed by atoms with Gasteiger partial charge in [0.25, 0.3) is 0 Å². The smallest absolute Gasteiger partial charge is 0.241 e. The average molecular weight is 282 g/mol. The van der Waals surface area contributed by atoms with Crippen molar-refractivity contribution in [3.8, 4) is 5.75 Å². The molecule has 1 atom stereocenters. The van der Waals surface area contributed by atoms with E-state index in [0.717, 1.165) is 32.5 Å². The van der Waals surface area contributed by atoms with Crippen LogP contribution in [0.4, 0.5) is 0 Å². The van der Waals surface area contributed by atoms with Crippen LogP contribution in [0.25, 0.3) is 0 Å². The molecule has 0 spiro atoms. The molecule has 6 heteroatoms. The summed E-state index contributed by atoms with van der Waals surface area (Å²) in [4.78, 5) is 2.43. The van der Waals surface area contributed by atoms with E-state index in [4.69, 9.17) is 0 Å². The topological polar surface area (TPSA) is 69.6 Å². The zero-order chi connectivity index (χ0) is 13.5. The highest BCUT2D eigenvalue weighted by atomic mass is 32.2. The van der Waals surface area contributed by atoms with Gasteiger partial charge in [0.05, 0.1) is 4.90 Å². The van der Waals surface area contributed by atoms with Gasteiger partial charge in [-0.05, 0) is 50.0 Å². The molecule has 2 N–H and O–H groups in total. The van der Waals surface area contributed by atoms with Gasteiger partial charge >= 0.3 is 0 Å². The summed E-state index contributed by atoms with van der Waals surface area (Å²) >= 11 is 0. The summed E-state index contributed by atoms with van der Waals surface area (Å²) in [5.41, 5.74) is 0. The maximum absolute atomic E-state index is 12.3. The highest BCUT2D eigenvalue weighted by molar-refractivity contribution is 7.89.